The molecular formula is C17H17N5O3. The van der Waals surface area contributed by atoms with Crippen molar-refractivity contribution in [1.82, 2.24) is 10.2 Å². The second-order valence-electron chi connectivity index (χ2n) is 6.84. The summed E-state index contributed by atoms with van der Waals surface area (Å²) in [6.07, 6.45) is 0. The average Bonchev–Trinajstić information content (AvgIpc) is 2.97. The summed E-state index contributed by atoms with van der Waals surface area (Å²) in [4.78, 5) is 10.4. The Morgan fingerprint density at radius 2 is 2.00 bits per heavy atom. The number of non-ortho nitro benzene ring substituents is 1. The van der Waals surface area contributed by atoms with E-state index in [0.29, 0.717) is 11.4 Å². The maximum Gasteiger partial charge on any atom is 0.269 e. The summed E-state index contributed by atoms with van der Waals surface area (Å²) >= 11 is 0. The summed E-state index contributed by atoms with van der Waals surface area (Å²) in [5.74, 6) is -0.183. The Labute approximate surface area is 144 Å². The molecule has 1 aromatic carbocycles. The number of nitrogens with zero attached hydrogens (tertiary/aromatic N) is 3. The van der Waals surface area contributed by atoms with Gasteiger partial charge in [0.2, 0.25) is 11.8 Å². The molecular weight excluding hydrogens is 322 g/mol. The number of rotatable bonds is 2. The minimum Gasteiger partial charge on any atom is -0.420 e. The van der Waals surface area contributed by atoms with Crippen LogP contribution >= 0.6 is 0 Å². The third-order valence-electron chi connectivity index (χ3n) is 4.13. The average molecular weight is 339 g/mol. The fourth-order valence-corrected chi connectivity index (χ4v) is 2.94. The summed E-state index contributed by atoms with van der Waals surface area (Å²) in [5, 5.41) is 27.6. The number of aromatic nitrogens is 2. The summed E-state index contributed by atoms with van der Waals surface area (Å²) < 4.78 is 5.51. The van der Waals surface area contributed by atoms with Crippen molar-refractivity contribution in [3.8, 4) is 11.9 Å². The van der Waals surface area contributed by atoms with Crippen LogP contribution in [0.4, 0.5) is 5.69 Å². The van der Waals surface area contributed by atoms with Gasteiger partial charge in [-0.15, -0.1) is 5.10 Å². The molecule has 128 valence electrons. The van der Waals surface area contributed by atoms with E-state index in [1.807, 2.05) is 20.8 Å². The molecule has 1 unspecified atom stereocenters. The summed E-state index contributed by atoms with van der Waals surface area (Å²) in [7, 11) is 0. The normalized spacial score (nSPS) is 16.8. The molecule has 2 aromatic rings. The lowest BCUT2D eigenvalue weighted by Gasteiger charge is -2.27. The fourth-order valence-electron chi connectivity index (χ4n) is 2.94. The Bertz CT molecular complexity index is 913. The van der Waals surface area contributed by atoms with Crippen molar-refractivity contribution < 1.29 is 9.66 Å². The van der Waals surface area contributed by atoms with E-state index in [-0.39, 0.29) is 22.6 Å². The van der Waals surface area contributed by atoms with E-state index in [1.165, 1.54) is 12.1 Å². The number of benzene rings is 1. The third-order valence-corrected chi connectivity index (χ3v) is 4.13. The molecule has 0 aliphatic carbocycles. The lowest BCUT2D eigenvalue weighted by molar-refractivity contribution is -0.384. The molecule has 1 aromatic heterocycles. The van der Waals surface area contributed by atoms with Crippen molar-refractivity contribution in [2.45, 2.75) is 32.1 Å². The highest BCUT2D eigenvalue weighted by Crippen LogP contribution is 2.45. The zero-order valence-corrected chi connectivity index (χ0v) is 14.0. The van der Waals surface area contributed by atoms with Crippen LogP contribution in [0.5, 0.6) is 5.88 Å². The molecule has 1 atom stereocenters. The highest BCUT2D eigenvalue weighted by molar-refractivity contribution is 5.56. The smallest absolute Gasteiger partial charge is 0.269 e. The van der Waals surface area contributed by atoms with Crippen LogP contribution in [0.25, 0.3) is 0 Å². The number of fused-ring (bicyclic) bond motifs is 1. The van der Waals surface area contributed by atoms with Crippen molar-refractivity contribution in [1.29, 1.82) is 5.26 Å². The Morgan fingerprint density at radius 3 is 2.52 bits per heavy atom. The Balaban J connectivity index is 2.22. The molecule has 25 heavy (non-hydrogen) atoms. The number of H-pyrrole nitrogens is 1. The van der Waals surface area contributed by atoms with Crippen molar-refractivity contribution >= 4 is 5.69 Å². The van der Waals surface area contributed by atoms with E-state index >= 15 is 0 Å². The van der Waals surface area contributed by atoms with Crippen molar-refractivity contribution in [2.24, 2.45) is 5.73 Å². The van der Waals surface area contributed by atoms with Gasteiger partial charge in [-0.05, 0) is 5.56 Å². The maximum absolute atomic E-state index is 10.9. The minimum absolute atomic E-state index is 0.00897. The van der Waals surface area contributed by atoms with E-state index in [4.69, 9.17) is 10.5 Å². The number of ether oxygens (including phenoxy) is 1. The zero-order valence-electron chi connectivity index (χ0n) is 14.0. The number of nitro benzene ring substituents is 1. The second kappa shape index (κ2) is 5.63. The van der Waals surface area contributed by atoms with Gasteiger partial charge < -0.3 is 10.5 Å². The Hall–Kier alpha value is -3.34. The number of allylic oxidation sites excluding steroid dienone is 1. The van der Waals surface area contributed by atoms with Gasteiger partial charge in [0.25, 0.3) is 5.69 Å². The molecule has 0 fully saturated rings. The largest absolute Gasteiger partial charge is 0.420 e. The first-order valence-electron chi connectivity index (χ1n) is 7.64. The van der Waals surface area contributed by atoms with E-state index < -0.39 is 10.8 Å². The number of aromatic amines is 1. The van der Waals surface area contributed by atoms with Crippen LogP contribution in [0, 0.1) is 21.4 Å². The Morgan fingerprint density at radius 1 is 1.36 bits per heavy atom. The predicted octanol–water partition coefficient (Wildman–Crippen LogP) is 2.83. The SMILES string of the molecule is CC(C)(C)c1[nH]nc2c1C(c1ccc([N+](=O)[O-])cc1)C(C#N)=C(N)O2. The molecule has 8 heteroatoms. The van der Waals surface area contributed by atoms with Crippen molar-refractivity contribution in [3.63, 3.8) is 0 Å². The molecule has 0 bridgehead atoms. The van der Waals surface area contributed by atoms with E-state index in [2.05, 4.69) is 16.3 Å². The fraction of sp³-hybridized carbons (Fsp3) is 0.294. The van der Waals surface area contributed by atoms with Crippen LogP contribution in [0.15, 0.2) is 35.7 Å². The van der Waals surface area contributed by atoms with Crippen molar-refractivity contribution in [2.75, 3.05) is 0 Å². The molecule has 0 amide bonds. The number of hydrogen-bond donors (Lipinski definition) is 2. The third kappa shape index (κ3) is 2.70. The van der Waals surface area contributed by atoms with Gasteiger partial charge >= 0.3 is 0 Å². The predicted molar refractivity (Wildman–Crippen MR) is 89.7 cm³/mol. The van der Waals surface area contributed by atoms with Gasteiger partial charge in [-0.2, -0.15) is 5.26 Å². The minimum atomic E-state index is -0.498. The number of nitrogens with two attached hydrogens (primary N) is 1. The van der Waals surface area contributed by atoms with Crippen molar-refractivity contribution in [3.05, 3.63) is 62.7 Å². The second-order valence-corrected chi connectivity index (χ2v) is 6.84. The molecule has 0 saturated carbocycles. The van der Waals surface area contributed by atoms with Crippen LogP contribution in [-0.4, -0.2) is 15.1 Å². The van der Waals surface area contributed by atoms with Gasteiger partial charge in [0.15, 0.2) is 0 Å². The van der Waals surface area contributed by atoms with Gasteiger partial charge in [0, 0.05) is 23.2 Å². The topological polar surface area (TPSA) is 131 Å². The van der Waals surface area contributed by atoms with Gasteiger partial charge in [0.1, 0.15) is 11.6 Å². The van der Waals surface area contributed by atoms with Crippen LogP contribution < -0.4 is 10.5 Å². The first kappa shape index (κ1) is 16.5. The molecule has 1 aliphatic heterocycles. The van der Waals surface area contributed by atoms with Gasteiger partial charge in [-0.25, -0.2) is 0 Å². The lowest BCUT2D eigenvalue weighted by atomic mass is 9.79. The van der Waals surface area contributed by atoms with Crippen LogP contribution in [0.2, 0.25) is 0 Å². The molecule has 3 rings (SSSR count). The Kier molecular flexibility index (Phi) is 3.72. The molecule has 0 radical (unpaired) electrons. The number of hydrogen-bond acceptors (Lipinski definition) is 6. The molecule has 2 heterocycles. The zero-order chi connectivity index (χ0) is 18.4. The molecule has 0 spiro atoms. The van der Waals surface area contributed by atoms with Crippen LogP contribution in [0.1, 0.15) is 43.5 Å². The van der Waals surface area contributed by atoms with Crippen LogP contribution in [-0.2, 0) is 5.41 Å². The quantitative estimate of drug-likeness (QED) is 0.639. The first-order valence-corrected chi connectivity index (χ1v) is 7.64. The van der Waals surface area contributed by atoms with Gasteiger partial charge in [-0.3, -0.25) is 15.2 Å². The van der Waals surface area contributed by atoms with Gasteiger partial charge in [-0.1, -0.05) is 32.9 Å². The highest BCUT2D eigenvalue weighted by atomic mass is 16.6. The summed E-state index contributed by atoms with van der Waals surface area (Å²) in [5.41, 5.74) is 8.14. The standard InChI is InChI=1S/C17H17N5O3/c1-17(2,3)14-13-12(9-4-6-10(7-5-9)22(23)24)11(8-18)15(19)25-16(13)21-20-14/h4-7,12H,19H2,1-3H3,(H,20,21). The summed E-state index contributed by atoms with van der Waals surface area (Å²) in [6.45, 7) is 6.05. The maximum atomic E-state index is 10.9. The highest BCUT2D eigenvalue weighted by Gasteiger charge is 2.38. The molecule has 0 saturated heterocycles. The molecule has 8 nitrogen and oxygen atoms in total. The monoisotopic (exact) mass is 339 g/mol. The number of nitriles is 1. The number of nitrogens with one attached hydrogen (secondary N) is 1. The first-order chi connectivity index (χ1) is 11.7. The van der Waals surface area contributed by atoms with Gasteiger partial charge in [0.05, 0.1) is 16.4 Å². The summed E-state index contributed by atoms with van der Waals surface area (Å²) in [6, 6.07) is 8.18. The molecule has 1 aliphatic rings. The molecule has 3 N–H and O–H groups in total. The van der Waals surface area contributed by atoms with E-state index in [0.717, 1.165) is 11.3 Å². The number of nitro groups is 1. The van der Waals surface area contributed by atoms with E-state index in [1.54, 1.807) is 12.1 Å². The lowest BCUT2D eigenvalue weighted by Crippen LogP contribution is -2.23. The van der Waals surface area contributed by atoms with Crippen LogP contribution in [0.3, 0.4) is 0 Å². The van der Waals surface area contributed by atoms with E-state index in [9.17, 15) is 15.4 Å².